The van der Waals surface area contributed by atoms with Gasteiger partial charge in [0.1, 0.15) is 5.52 Å². The quantitative estimate of drug-likeness (QED) is 0.139. The van der Waals surface area contributed by atoms with Crippen molar-refractivity contribution in [1.29, 1.82) is 0 Å². The van der Waals surface area contributed by atoms with E-state index in [-0.39, 0.29) is 0 Å². The molecule has 0 aliphatic heterocycles. The van der Waals surface area contributed by atoms with Gasteiger partial charge in [0.2, 0.25) is 0 Å². The van der Waals surface area contributed by atoms with Crippen molar-refractivity contribution < 1.29 is 4.57 Å². The Morgan fingerprint density at radius 1 is 0.914 bits per heavy atom. The molecule has 3 heteroatoms. The smallest absolute Gasteiger partial charge is 0.287 e. The van der Waals surface area contributed by atoms with Crippen LogP contribution in [0.2, 0.25) is 0 Å². The molecular weight excluding hydrogens is 426 g/mol. The van der Waals surface area contributed by atoms with E-state index in [2.05, 4.69) is 87.0 Å². The van der Waals surface area contributed by atoms with E-state index in [0.29, 0.717) is 11.3 Å². The minimum absolute atomic E-state index is 0.455. The summed E-state index contributed by atoms with van der Waals surface area (Å²) < 4.78 is 4.82. The van der Waals surface area contributed by atoms with E-state index < -0.39 is 0 Å². The minimum atomic E-state index is 0.455. The van der Waals surface area contributed by atoms with Crippen LogP contribution in [0, 0.1) is 26.2 Å². The largest absolute Gasteiger partial charge is 0.307 e. The highest BCUT2D eigenvalue weighted by Gasteiger charge is 2.32. The molecule has 3 heterocycles. The Hall–Kier alpha value is -3.20. The highest BCUT2D eigenvalue weighted by atomic mass is 15.0. The van der Waals surface area contributed by atoms with E-state index in [1.165, 1.54) is 91.5 Å². The summed E-state index contributed by atoms with van der Waals surface area (Å²) in [5.41, 5.74) is 12.5. The van der Waals surface area contributed by atoms with Gasteiger partial charge in [-0.3, -0.25) is 0 Å². The van der Waals surface area contributed by atoms with Crippen molar-refractivity contribution in [3.8, 4) is 0 Å². The molecule has 0 bridgehead atoms. The van der Waals surface area contributed by atoms with Crippen molar-refractivity contribution in [2.75, 3.05) is 0 Å². The third-order valence-corrected chi connectivity index (χ3v) is 9.16. The first-order valence-corrected chi connectivity index (χ1v) is 13.1. The molecule has 35 heavy (non-hydrogen) atoms. The van der Waals surface area contributed by atoms with E-state index in [9.17, 15) is 0 Å². The van der Waals surface area contributed by atoms with E-state index in [1.807, 2.05) is 6.33 Å². The zero-order valence-electron chi connectivity index (χ0n) is 21.8. The van der Waals surface area contributed by atoms with Crippen LogP contribution >= 0.6 is 0 Å². The third-order valence-electron chi connectivity index (χ3n) is 9.16. The lowest BCUT2D eigenvalue weighted by molar-refractivity contribution is -0.646. The topological polar surface area (TPSA) is 21.2 Å². The van der Waals surface area contributed by atoms with Gasteiger partial charge in [0, 0.05) is 16.2 Å². The molecule has 0 spiro atoms. The van der Waals surface area contributed by atoms with E-state index in [4.69, 9.17) is 4.98 Å². The maximum absolute atomic E-state index is 5.02. The minimum Gasteiger partial charge on any atom is -0.307 e. The van der Waals surface area contributed by atoms with Crippen LogP contribution in [0.15, 0.2) is 42.7 Å². The van der Waals surface area contributed by atoms with Crippen LogP contribution in [-0.2, 0) is 7.05 Å². The number of hydrogen-bond donors (Lipinski definition) is 0. The van der Waals surface area contributed by atoms with Gasteiger partial charge in [-0.2, -0.15) is 0 Å². The number of aryl methyl sites for hydroxylation is 4. The van der Waals surface area contributed by atoms with Crippen molar-refractivity contribution in [3.63, 3.8) is 0 Å². The number of pyridine rings is 1. The Balaban J connectivity index is 1.77. The zero-order valence-corrected chi connectivity index (χ0v) is 21.8. The summed E-state index contributed by atoms with van der Waals surface area (Å²) >= 11 is 0. The summed E-state index contributed by atoms with van der Waals surface area (Å²) in [4.78, 5) is 5.02. The number of para-hydroxylation sites is 1. The molecule has 0 atom stereocenters. The maximum atomic E-state index is 5.02. The molecule has 1 aliphatic carbocycles. The second-order valence-corrected chi connectivity index (χ2v) is 11.9. The number of aromatic nitrogens is 3. The van der Waals surface area contributed by atoms with Crippen LogP contribution in [0.25, 0.3) is 49.1 Å². The van der Waals surface area contributed by atoms with Crippen LogP contribution in [0.5, 0.6) is 0 Å². The molecular formula is C32H34N3+. The monoisotopic (exact) mass is 460 g/mol. The first-order chi connectivity index (χ1) is 16.8. The van der Waals surface area contributed by atoms with Gasteiger partial charge < -0.3 is 4.40 Å². The van der Waals surface area contributed by atoms with Gasteiger partial charge in [0.25, 0.3) is 6.33 Å². The van der Waals surface area contributed by atoms with Crippen molar-refractivity contribution in [1.82, 2.24) is 9.38 Å². The number of nitrogens with zero attached hydrogens (tertiary/aromatic N) is 3. The fourth-order valence-corrected chi connectivity index (χ4v) is 7.12. The zero-order chi connectivity index (χ0) is 24.2. The second-order valence-electron chi connectivity index (χ2n) is 11.9. The number of rotatable bonds is 1. The summed E-state index contributed by atoms with van der Waals surface area (Å²) in [6.07, 6.45) is 7.12. The summed E-state index contributed by atoms with van der Waals surface area (Å²) in [5.74, 6) is 0.591. The molecule has 1 fully saturated rings. The van der Waals surface area contributed by atoms with Crippen molar-refractivity contribution in [3.05, 3.63) is 65.0 Å². The third kappa shape index (κ3) is 2.73. The predicted octanol–water partition coefficient (Wildman–Crippen LogP) is 7.82. The van der Waals surface area contributed by atoms with Gasteiger partial charge >= 0.3 is 0 Å². The summed E-state index contributed by atoms with van der Waals surface area (Å²) in [7, 11) is 2.16. The van der Waals surface area contributed by atoms with Crippen LogP contribution in [0.3, 0.4) is 0 Å². The van der Waals surface area contributed by atoms with Crippen LogP contribution < -0.4 is 4.57 Å². The van der Waals surface area contributed by atoms with E-state index in [1.54, 1.807) is 0 Å². The number of benzene rings is 3. The Kier molecular flexibility index (Phi) is 4.18. The molecule has 0 saturated heterocycles. The van der Waals surface area contributed by atoms with Crippen molar-refractivity contribution in [2.24, 2.45) is 12.5 Å². The average molecular weight is 461 g/mol. The van der Waals surface area contributed by atoms with Crippen molar-refractivity contribution in [2.45, 2.75) is 66.2 Å². The summed E-state index contributed by atoms with van der Waals surface area (Å²) in [5, 5.41) is 5.50. The van der Waals surface area contributed by atoms with Gasteiger partial charge in [-0.15, -0.1) is 0 Å². The number of hydrogen-bond acceptors (Lipinski definition) is 1. The molecule has 3 aromatic carbocycles. The van der Waals surface area contributed by atoms with Gasteiger partial charge in [0.05, 0.1) is 29.0 Å². The molecule has 0 unspecified atom stereocenters. The molecule has 3 nitrogen and oxygen atoms in total. The Labute approximate surface area is 206 Å². The normalized spacial score (nSPS) is 17.1. The molecule has 0 amide bonds. The number of fused-ring (bicyclic) bond motifs is 6. The lowest BCUT2D eigenvalue weighted by Crippen LogP contribution is -2.30. The molecule has 0 N–H and O–H groups in total. The fourth-order valence-electron chi connectivity index (χ4n) is 7.12. The highest BCUT2D eigenvalue weighted by molar-refractivity contribution is 6.28. The molecule has 0 radical (unpaired) electrons. The lowest BCUT2D eigenvalue weighted by atomic mass is 9.70. The Morgan fingerprint density at radius 2 is 1.66 bits per heavy atom. The van der Waals surface area contributed by atoms with Gasteiger partial charge in [-0.1, -0.05) is 38.1 Å². The molecule has 176 valence electrons. The highest BCUT2D eigenvalue weighted by Crippen LogP contribution is 2.49. The molecule has 7 rings (SSSR count). The van der Waals surface area contributed by atoms with Gasteiger partial charge in [-0.05, 0) is 97.2 Å². The standard InChI is InChI=1S/C32H34N3/c1-18-15-19(2)29-26(20(18)3)30-28-24(33-17-34(30)6)16-23(21-11-13-32(4,5)14-12-21)27-22-9-7-8-10-25(22)35(29)31(27)28/h7-10,15-17,21H,11-14H2,1-6H3/q+1. The fraction of sp³-hybridized carbons (Fsp3) is 0.375. The second kappa shape index (κ2) is 6.94. The lowest BCUT2D eigenvalue weighted by Gasteiger charge is -2.34. The van der Waals surface area contributed by atoms with Gasteiger partial charge in [0.15, 0.2) is 5.52 Å². The van der Waals surface area contributed by atoms with Crippen molar-refractivity contribution >= 4 is 49.1 Å². The molecule has 6 aromatic rings. The van der Waals surface area contributed by atoms with Crippen LogP contribution in [0.1, 0.15) is 67.7 Å². The average Bonchev–Trinajstić information content (AvgIpc) is 3.18. The first kappa shape index (κ1) is 21.1. The van der Waals surface area contributed by atoms with E-state index >= 15 is 0 Å². The van der Waals surface area contributed by atoms with Crippen LogP contribution in [-0.4, -0.2) is 9.38 Å². The molecule has 1 saturated carbocycles. The van der Waals surface area contributed by atoms with E-state index in [0.717, 1.165) is 5.52 Å². The molecule has 3 aromatic heterocycles. The predicted molar refractivity (Wildman–Crippen MR) is 147 cm³/mol. The molecule has 1 aliphatic rings. The maximum Gasteiger partial charge on any atom is 0.287 e. The Bertz CT molecular complexity index is 1810. The summed E-state index contributed by atoms with van der Waals surface area (Å²) in [6.45, 7) is 11.7. The van der Waals surface area contributed by atoms with Crippen LogP contribution in [0.4, 0.5) is 0 Å². The van der Waals surface area contributed by atoms with Gasteiger partial charge in [-0.25, -0.2) is 4.57 Å². The Morgan fingerprint density at radius 3 is 2.43 bits per heavy atom. The first-order valence-electron chi connectivity index (χ1n) is 13.1. The SMILES string of the molecule is Cc1cc(C)c2c(c1C)c1c3c(cc(C4CCC(C)(C)CC4)c4c5ccccc5n2c43)nc[n+]1C. The summed E-state index contributed by atoms with van der Waals surface area (Å²) in [6, 6.07) is 13.9.